The maximum atomic E-state index is 11.1. The van der Waals surface area contributed by atoms with E-state index in [9.17, 15) is 4.79 Å². The lowest BCUT2D eigenvalue weighted by molar-refractivity contribution is 0.105. The number of carbonyl (C=O) groups excluding carboxylic acids is 1. The van der Waals surface area contributed by atoms with Crippen LogP contribution < -0.4 is 0 Å². The maximum Gasteiger partial charge on any atom is 0.237 e. The summed E-state index contributed by atoms with van der Waals surface area (Å²) in [6.07, 6.45) is 4.98. The second kappa shape index (κ2) is 3.14. The van der Waals surface area contributed by atoms with Gasteiger partial charge in [-0.3, -0.25) is 4.79 Å². The van der Waals surface area contributed by atoms with Gasteiger partial charge in [0, 0.05) is 0 Å². The van der Waals surface area contributed by atoms with Crippen LogP contribution in [0.5, 0.6) is 0 Å². The van der Waals surface area contributed by atoms with E-state index in [0.29, 0.717) is 17.0 Å². The second-order valence-electron chi connectivity index (χ2n) is 2.46. The quantitative estimate of drug-likeness (QED) is 0.348. The monoisotopic (exact) mass is 160 g/mol. The first-order valence-electron chi connectivity index (χ1n) is 3.47. The van der Waals surface area contributed by atoms with Crippen molar-refractivity contribution in [3.05, 3.63) is 23.0 Å². The molecular weight excluding hydrogens is 152 g/mol. The minimum atomic E-state index is -0.342. The zero-order chi connectivity index (χ0) is 9.14. The van der Waals surface area contributed by atoms with Gasteiger partial charge < -0.3 is 0 Å². The van der Waals surface area contributed by atoms with E-state index in [4.69, 9.17) is 6.42 Å². The molecule has 0 spiro atoms. The Balaban J connectivity index is 3.25. The summed E-state index contributed by atoms with van der Waals surface area (Å²) in [6.45, 7) is 3.47. The van der Waals surface area contributed by atoms with Crippen LogP contribution in [-0.2, 0) is 0 Å². The number of terminal acetylenes is 1. The van der Waals surface area contributed by atoms with Crippen molar-refractivity contribution < 1.29 is 4.79 Å². The fraction of sp³-hybridized carbons (Fsp3) is 0.222. The van der Waals surface area contributed by atoms with Gasteiger partial charge in [0.15, 0.2) is 0 Å². The van der Waals surface area contributed by atoms with Crippen molar-refractivity contribution in [1.82, 2.24) is 10.2 Å². The Kier molecular flexibility index (Phi) is 2.20. The molecule has 1 aromatic heterocycles. The van der Waals surface area contributed by atoms with Crippen molar-refractivity contribution in [1.29, 1.82) is 0 Å². The molecule has 0 fully saturated rings. The standard InChI is InChI=1S/C9H8N2O/c1-4-9(12)8-5-6(2)10-11-7(8)3/h1,5H,2-3H3. The Morgan fingerprint density at radius 2 is 2.17 bits per heavy atom. The molecule has 1 heterocycles. The Morgan fingerprint density at radius 3 is 2.75 bits per heavy atom. The molecule has 0 saturated heterocycles. The zero-order valence-electron chi connectivity index (χ0n) is 6.96. The first-order chi connectivity index (χ1) is 5.65. The van der Waals surface area contributed by atoms with Gasteiger partial charge in [-0.05, 0) is 25.8 Å². The summed E-state index contributed by atoms with van der Waals surface area (Å²) in [5.74, 6) is 1.70. The van der Waals surface area contributed by atoms with E-state index in [1.807, 2.05) is 5.92 Å². The third-order valence-corrected chi connectivity index (χ3v) is 1.48. The molecule has 0 aromatic carbocycles. The number of carbonyl (C=O) groups is 1. The van der Waals surface area contributed by atoms with Crippen LogP contribution in [0.2, 0.25) is 0 Å². The molecule has 12 heavy (non-hydrogen) atoms. The number of hydrogen-bond donors (Lipinski definition) is 0. The number of ketones is 1. The van der Waals surface area contributed by atoms with Crippen molar-refractivity contribution >= 4 is 5.78 Å². The van der Waals surface area contributed by atoms with Crippen LogP contribution in [0, 0.1) is 26.2 Å². The predicted molar refractivity (Wildman–Crippen MR) is 44.7 cm³/mol. The number of rotatable bonds is 1. The van der Waals surface area contributed by atoms with Gasteiger partial charge in [0.05, 0.1) is 17.0 Å². The van der Waals surface area contributed by atoms with Gasteiger partial charge >= 0.3 is 0 Å². The zero-order valence-corrected chi connectivity index (χ0v) is 6.96. The van der Waals surface area contributed by atoms with E-state index in [1.165, 1.54) is 0 Å². The van der Waals surface area contributed by atoms with Crippen molar-refractivity contribution in [3.8, 4) is 12.3 Å². The summed E-state index contributed by atoms with van der Waals surface area (Å²) >= 11 is 0. The lowest BCUT2D eigenvalue weighted by Gasteiger charge is -1.98. The number of aryl methyl sites for hydroxylation is 2. The van der Waals surface area contributed by atoms with Crippen LogP contribution in [0.1, 0.15) is 21.7 Å². The van der Waals surface area contributed by atoms with Crippen molar-refractivity contribution in [3.63, 3.8) is 0 Å². The molecule has 1 aromatic rings. The molecule has 1 rings (SSSR count). The number of Topliss-reactive ketones (excluding diaryl/α,β-unsaturated/α-hetero) is 1. The lowest BCUT2D eigenvalue weighted by atomic mass is 10.1. The Hall–Kier alpha value is -1.69. The van der Waals surface area contributed by atoms with Crippen LogP contribution in [-0.4, -0.2) is 16.0 Å². The van der Waals surface area contributed by atoms with Crippen molar-refractivity contribution in [2.24, 2.45) is 0 Å². The lowest BCUT2D eigenvalue weighted by Crippen LogP contribution is -2.03. The Morgan fingerprint density at radius 1 is 1.50 bits per heavy atom. The minimum absolute atomic E-state index is 0.342. The highest BCUT2D eigenvalue weighted by Crippen LogP contribution is 2.05. The highest BCUT2D eigenvalue weighted by molar-refractivity contribution is 6.09. The molecule has 0 N–H and O–H groups in total. The smallest absolute Gasteiger partial charge is 0.237 e. The Labute approximate surface area is 70.8 Å². The highest BCUT2D eigenvalue weighted by Gasteiger charge is 2.07. The van der Waals surface area contributed by atoms with Crippen molar-refractivity contribution in [2.45, 2.75) is 13.8 Å². The maximum absolute atomic E-state index is 11.1. The molecule has 0 aliphatic rings. The number of hydrogen-bond acceptors (Lipinski definition) is 3. The van der Waals surface area contributed by atoms with Gasteiger partial charge in [-0.15, -0.1) is 6.42 Å². The summed E-state index contributed by atoms with van der Waals surface area (Å²) < 4.78 is 0. The summed E-state index contributed by atoms with van der Waals surface area (Å²) in [5.41, 5.74) is 1.73. The summed E-state index contributed by atoms with van der Waals surface area (Å²) in [6, 6.07) is 1.64. The van der Waals surface area contributed by atoms with Crippen LogP contribution >= 0.6 is 0 Å². The minimum Gasteiger partial charge on any atom is -0.279 e. The highest BCUT2D eigenvalue weighted by atomic mass is 16.1. The third-order valence-electron chi connectivity index (χ3n) is 1.48. The Bertz CT molecular complexity index is 363. The predicted octanol–water partition coefficient (Wildman–Crippen LogP) is 0.909. The average molecular weight is 160 g/mol. The fourth-order valence-corrected chi connectivity index (χ4v) is 0.858. The van der Waals surface area contributed by atoms with Crippen LogP contribution in [0.15, 0.2) is 6.07 Å². The van der Waals surface area contributed by atoms with Gasteiger partial charge in [-0.2, -0.15) is 10.2 Å². The van der Waals surface area contributed by atoms with Gasteiger partial charge in [-0.25, -0.2) is 0 Å². The normalized spacial score (nSPS) is 9.08. The molecule has 3 nitrogen and oxygen atoms in total. The first-order valence-corrected chi connectivity index (χ1v) is 3.47. The number of aromatic nitrogens is 2. The van der Waals surface area contributed by atoms with E-state index >= 15 is 0 Å². The van der Waals surface area contributed by atoms with Gasteiger partial charge in [0.2, 0.25) is 5.78 Å². The van der Waals surface area contributed by atoms with E-state index in [-0.39, 0.29) is 5.78 Å². The van der Waals surface area contributed by atoms with Crippen LogP contribution in [0.4, 0.5) is 0 Å². The average Bonchev–Trinajstić information content (AvgIpc) is 2.08. The SMILES string of the molecule is C#CC(=O)c1cc(C)nnc1C. The fourth-order valence-electron chi connectivity index (χ4n) is 0.858. The van der Waals surface area contributed by atoms with E-state index in [1.54, 1.807) is 19.9 Å². The van der Waals surface area contributed by atoms with Crippen molar-refractivity contribution in [2.75, 3.05) is 0 Å². The molecule has 0 unspecified atom stereocenters. The molecule has 0 saturated carbocycles. The van der Waals surface area contributed by atoms with E-state index in [0.717, 1.165) is 0 Å². The largest absolute Gasteiger partial charge is 0.279 e. The molecule has 0 aliphatic carbocycles. The van der Waals surface area contributed by atoms with Gasteiger partial charge in [0.1, 0.15) is 0 Å². The molecule has 0 aliphatic heterocycles. The van der Waals surface area contributed by atoms with Gasteiger partial charge in [-0.1, -0.05) is 0 Å². The van der Waals surface area contributed by atoms with Gasteiger partial charge in [0.25, 0.3) is 0 Å². The molecule has 0 bridgehead atoms. The third kappa shape index (κ3) is 1.48. The molecule has 0 atom stereocenters. The van der Waals surface area contributed by atoms with E-state index in [2.05, 4.69) is 10.2 Å². The van der Waals surface area contributed by atoms with E-state index < -0.39 is 0 Å². The molecular formula is C9H8N2O. The van der Waals surface area contributed by atoms with Crippen LogP contribution in [0.3, 0.4) is 0 Å². The topological polar surface area (TPSA) is 42.9 Å². The molecule has 60 valence electrons. The molecule has 0 radical (unpaired) electrons. The van der Waals surface area contributed by atoms with Crippen LogP contribution in [0.25, 0.3) is 0 Å². The summed E-state index contributed by atoms with van der Waals surface area (Å²) in [7, 11) is 0. The second-order valence-corrected chi connectivity index (χ2v) is 2.46. The molecule has 3 heteroatoms. The first kappa shape index (κ1) is 8.41. The molecule has 0 amide bonds. The number of nitrogens with zero attached hydrogens (tertiary/aromatic N) is 2. The summed E-state index contributed by atoms with van der Waals surface area (Å²) in [4.78, 5) is 11.1. The summed E-state index contributed by atoms with van der Waals surface area (Å²) in [5, 5.41) is 7.57.